The third-order valence-electron chi connectivity index (χ3n) is 8.73. The van der Waals surface area contributed by atoms with Crippen molar-refractivity contribution in [2.75, 3.05) is 31.1 Å². The smallest absolute Gasteiger partial charge is 0.348 e. The summed E-state index contributed by atoms with van der Waals surface area (Å²) in [5.41, 5.74) is 2.07. The molecule has 2 aliphatic rings. The minimum atomic E-state index is -4.64. The molecule has 3 aromatic carbocycles. The summed E-state index contributed by atoms with van der Waals surface area (Å²) in [5, 5.41) is 10.3. The number of amides is 3. The van der Waals surface area contributed by atoms with Crippen LogP contribution in [0.25, 0.3) is 5.69 Å². The number of para-hydroxylation sites is 1. The van der Waals surface area contributed by atoms with E-state index in [2.05, 4.69) is 27.2 Å². The van der Waals surface area contributed by atoms with Crippen molar-refractivity contribution in [3.8, 4) is 5.69 Å². The Labute approximate surface area is 276 Å². The molecule has 248 valence electrons. The molecule has 4 aromatic rings. The molecule has 6 rings (SSSR count). The van der Waals surface area contributed by atoms with Crippen molar-refractivity contribution in [2.45, 2.75) is 38.0 Å². The molecule has 0 bridgehead atoms. The van der Waals surface area contributed by atoms with Crippen molar-refractivity contribution in [1.82, 2.24) is 25.3 Å². The molecule has 9 nitrogen and oxygen atoms in total. The fraction of sp³-hybridized carbons (Fsp3) is 0.278. The zero-order valence-corrected chi connectivity index (χ0v) is 26.3. The van der Waals surface area contributed by atoms with E-state index in [0.29, 0.717) is 29.1 Å². The van der Waals surface area contributed by atoms with E-state index < -0.39 is 35.5 Å². The summed E-state index contributed by atoms with van der Waals surface area (Å²) in [5.74, 6) is -1.72. The predicted molar refractivity (Wildman–Crippen MR) is 175 cm³/mol. The van der Waals surface area contributed by atoms with E-state index in [-0.39, 0.29) is 24.6 Å². The standard InChI is InChI=1S/C36H35F3N6O3/c1-3-44-34-29(21-41-45(34)28-14-5-4-6-15-28)30(31(35(44)48)42-33(47)26-12-8-13-27(19-26)36(37,38)39)25-11-7-10-24(18-25)20-40-32(46)23(2)22-43-16-9-17-43/h4-8,10-15,18-19,21,30-31H,2-3,9,16-17,20,22H2,1H3,(H,40,46)(H,42,47)/t30-,31+/m0/s1. The number of hydrogen-bond donors (Lipinski definition) is 2. The highest BCUT2D eigenvalue weighted by molar-refractivity contribution is 6.05. The molecule has 12 heteroatoms. The summed E-state index contributed by atoms with van der Waals surface area (Å²) in [4.78, 5) is 44.3. The molecular formula is C36H35F3N6O3. The number of halogens is 3. The van der Waals surface area contributed by atoms with Crippen molar-refractivity contribution >= 4 is 23.5 Å². The summed E-state index contributed by atoms with van der Waals surface area (Å²) in [6.07, 6.45) is -1.88. The lowest BCUT2D eigenvalue weighted by atomic mass is 9.81. The molecule has 2 N–H and O–H groups in total. The van der Waals surface area contributed by atoms with Crippen LogP contribution in [0.3, 0.4) is 0 Å². The van der Waals surface area contributed by atoms with Crippen LogP contribution in [0.1, 0.15) is 51.9 Å². The van der Waals surface area contributed by atoms with Crippen LogP contribution in [0, 0.1) is 0 Å². The molecule has 1 aromatic heterocycles. The molecule has 3 amide bonds. The molecule has 2 aliphatic heterocycles. The third kappa shape index (κ3) is 6.61. The van der Waals surface area contributed by atoms with E-state index in [1.165, 1.54) is 11.0 Å². The van der Waals surface area contributed by atoms with Gasteiger partial charge in [-0.25, -0.2) is 4.68 Å². The number of likely N-dealkylation sites (tertiary alicyclic amines) is 1. The van der Waals surface area contributed by atoms with Crippen LogP contribution in [0.5, 0.6) is 0 Å². The first-order valence-electron chi connectivity index (χ1n) is 15.7. The molecule has 2 atom stereocenters. The average Bonchev–Trinajstić information content (AvgIpc) is 3.50. The number of carbonyl (C=O) groups excluding carboxylic acids is 3. The second-order valence-electron chi connectivity index (χ2n) is 11.9. The number of alkyl halides is 3. The lowest BCUT2D eigenvalue weighted by Crippen LogP contribution is -2.55. The number of fused-ring (bicyclic) bond motifs is 1. The highest BCUT2D eigenvalue weighted by atomic mass is 19.4. The van der Waals surface area contributed by atoms with Crippen molar-refractivity contribution in [1.29, 1.82) is 0 Å². The Morgan fingerprint density at radius 2 is 1.75 bits per heavy atom. The first kappa shape index (κ1) is 32.7. The Kier molecular flexibility index (Phi) is 9.18. The maximum absolute atomic E-state index is 14.3. The highest BCUT2D eigenvalue weighted by Gasteiger charge is 2.44. The number of aromatic nitrogens is 2. The van der Waals surface area contributed by atoms with Gasteiger partial charge < -0.3 is 10.6 Å². The average molecular weight is 657 g/mol. The Morgan fingerprint density at radius 3 is 2.44 bits per heavy atom. The van der Waals surface area contributed by atoms with E-state index >= 15 is 0 Å². The maximum atomic E-state index is 14.3. The van der Waals surface area contributed by atoms with Gasteiger partial charge in [-0.15, -0.1) is 0 Å². The first-order chi connectivity index (χ1) is 23.0. The lowest BCUT2D eigenvalue weighted by molar-refractivity contribution is -0.137. The zero-order chi connectivity index (χ0) is 34.0. The second kappa shape index (κ2) is 13.5. The van der Waals surface area contributed by atoms with Crippen LogP contribution in [-0.2, 0) is 22.3 Å². The summed E-state index contributed by atoms with van der Waals surface area (Å²) in [6.45, 7) is 8.57. The van der Waals surface area contributed by atoms with Gasteiger partial charge in [0, 0.05) is 42.3 Å². The molecule has 0 radical (unpaired) electrons. The van der Waals surface area contributed by atoms with Crippen LogP contribution in [0.4, 0.5) is 19.0 Å². The highest BCUT2D eigenvalue weighted by Crippen LogP contribution is 2.41. The van der Waals surface area contributed by atoms with Gasteiger partial charge in [-0.2, -0.15) is 18.3 Å². The van der Waals surface area contributed by atoms with Crippen molar-refractivity contribution < 1.29 is 27.6 Å². The normalized spacial score (nSPS) is 17.8. The van der Waals surface area contributed by atoms with E-state index in [1.54, 1.807) is 23.9 Å². The Bertz CT molecular complexity index is 1850. The minimum absolute atomic E-state index is 0.199. The molecule has 1 fully saturated rings. The Morgan fingerprint density at radius 1 is 1.00 bits per heavy atom. The van der Waals surface area contributed by atoms with Crippen molar-refractivity contribution in [3.63, 3.8) is 0 Å². The van der Waals surface area contributed by atoms with E-state index in [9.17, 15) is 27.6 Å². The number of rotatable bonds is 10. The third-order valence-corrected chi connectivity index (χ3v) is 8.73. The van der Waals surface area contributed by atoms with Gasteiger partial charge in [0.2, 0.25) is 5.91 Å². The van der Waals surface area contributed by atoms with Crippen molar-refractivity contribution in [3.05, 3.63) is 125 Å². The maximum Gasteiger partial charge on any atom is 0.416 e. The van der Waals surface area contributed by atoms with Crippen LogP contribution in [-0.4, -0.2) is 64.6 Å². The first-order valence-corrected chi connectivity index (χ1v) is 15.7. The van der Waals surface area contributed by atoms with Crippen LogP contribution in [0.15, 0.2) is 97.2 Å². The molecule has 0 unspecified atom stereocenters. The van der Waals surface area contributed by atoms with E-state index in [0.717, 1.165) is 49.0 Å². The number of nitrogens with zero attached hydrogens (tertiary/aromatic N) is 4. The van der Waals surface area contributed by atoms with Gasteiger partial charge in [0.05, 0.1) is 17.4 Å². The summed E-state index contributed by atoms with van der Waals surface area (Å²) < 4.78 is 42.1. The lowest BCUT2D eigenvalue weighted by Gasteiger charge is -2.38. The fourth-order valence-electron chi connectivity index (χ4n) is 6.17. The van der Waals surface area contributed by atoms with Crippen LogP contribution < -0.4 is 15.5 Å². The fourth-order valence-corrected chi connectivity index (χ4v) is 6.17. The Hall–Kier alpha value is -5.23. The van der Waals surface area contributed by atoms with E-state index in [1.807, 2.05) is 48.5 Å². The van der Waals surface area contributed by atoms with E-state index in [4.69, 9.17) is 0 Å². The minimum Gasteiger partial charge on any atom is -0.348 e. The van der Waals surface area contributed by atoms with Gasteiger partial charge in [0.1, 0.15) is 11.9 Å². The van der Waals surface area contributed by atoms with Gasteiger partial charge in [-0.05, 0) is 67.9 Å². The largest absolute Gasteiger partial charge is 0.416 e. The van der Waals surface area contributed by atoms with Crippen molar-refractivity contribution in [2.24, 2.45) is 0 Å². The van der Waals surface area contributed by atoms with Gasteiger partial charge in [0.15, 0.2) is 0 Å². The van der Waals surface area contributed by atoms with Gasteiger partial charge in [0.25, 0.3) is 11.8 Å². The number of anilines is 1. The molecule has 3 heterocycles. The summed E-state index contributed by atoms with van der Waals surface area (Å²) in [6, 6.07) is 19.6. The van der Waals surface area contributed by atoms with Gasteiger partial charge >= 0.3 is 6.18 Å². The quantitative estimate of drug-likeness (QED) is 0.233. The summed E-state index contributed by atoms with van der Waals surface area (Å²) >= 11 is 0. The predicted octanol–water partition coefficient (Wildman–Crippen LogP) is 5.07. The molecule has 0 spiro atoms. The topological polar surface area (TPSA) is 99.6 Å². The molecule has 0 saturated carbocycles. The van der Waals surface area contributed by atoms with Gasteiger partial charge in [-0.3, -0.25) is 24.2 Å². The second-order valence-corrected chi connectivity index (χ2v) is 11.9. The number of hydrogen-bond acceptors (Lipinski definition) is 5. The molecular weight excluding hydrogens is 621 g/mol. The zero-order valence-electron chi connectivity index (χ0n) is 26.3. The SMILES string of the molecule is C=C(CN1CCC1)C(=O)NCc1cccc([C@H]2c3cnn(-c4ccccc4)c3N(CC)C(=O)[C@@H]2NC(=O)c2cccc(C(F)(F)F)c2)c1. The number of nitrogens with one attached hydrogen (secondary N) is 2. The number of carbonyl (C=O) groups is 3. The molecule has 0 aliphatic carbocycles. The molecule has 1 saturated heterocycles. The van der Waals surface area contributed by atoms with Crippen LogP contribution in [0.2, 0.25) is 0 Å². The monoisotopic (exact) mass is 656 g/mol. The summed E-state index contributed by atoms with van der Waals surface area (Å²) in [7, 11) is 0. The Balaban J connectivity index is 1.36. The van der Waals surface area contributed by atoms with Crippen LogP contribution >= 0.6 is 0 Å². The van der Waals surface area contributed by atoms with Gasteiger partial charge in [-0.1, -0.05) is 55.1 Å². The number of benzene rings is 3. The molecule has 48 heavy (non-hydrogen) atoms. The number of likely N-dealkylation sites (N-methyl/N-ethyl adjacent to an activating group) is 1.